The minimum atomic E-state index is -0.963. The van der Waals surface area contributed by atoms with Crippen LogP contribution in [0.4, 0.5) is 0 Å². The van der Waals surface area contributed by atoms with Gasteiger partial charge in [-0.2, -0.15) is 0 Å². The molecule has 25 heavy (non-hydrogen) atoms. The van der Waals surface area contributed by atoms with Gasteiger partial charge in [-0.1, -0.05) is 12.2 Å². The van der Waals surface area contributed by atoms with Crippen molar-refractivity contribution in [2.45, 2.75) is 30.1 Å². The van der Waals surface area contributed by atoms with E-state index in [4.69, 9.17) is 14.2 Å². The highest BCUT2D eigenvalue weighted by Crippen LogP contribution is 2.54. The molecule has 0 radical (unpaired) electrons. The molecule has 7 nitrogen and oxygen atoms in total. The Morgan fingerprint density at radius 1 is 1.28 bits per heavy atom. The van der Waals surface area contributed by atoms with Crippen molar-refractivity contribution in [3.8, 4) is 11.5 Å². The second kappa shape index (κ2) is 4.97. The van der Waals surface area contributed by atoms with Crippen LogP contribution in [-0.4, -0.2) is 53.3 Å². The fourth-order valence-electron chi connectivity index (χ4n) is 4.80. The molecule has 0 saturated heterocycles. The average Bonchev–Trinajstić information content (AvgIpc) is 3.10. The van der Waals surface area contributed by atoms with Gasteiger partial charge in [0.15, 0.2) is 23.8 Å². The van der Waals surface area contributed by atoms with Gasteiger partial charge in [0.1, 0.15) is 11.5 Å². The van der Waals surface area contributed by atoms with Crippen LogP contribution in [0.2, 0.25) is 0 Å². The maximum Gasteiger partial charge on any atom is 0.231 e. The molecule has 0 amide bonds. The molecule has 1 aromatic carbocycles. The zero-order valence-corrected chi connectivity index (χ0v) is 13.7. The van der Waals surface area contributed by atoms with Crippen molar-refractivity contribution in [3.63, 3.8) is 0 Å². The van der Waals surface area contributed by atoms with Gasteiger partial charge in [-0.05, 0) is 29.7 Å². The predicted octanol–water partition coefficient (Wildman–Crippen LogP) is 0.617. The lowest BCUT2D eigenvalue weighted by Gasteiger charge is -2.39. The average molecular weight is 345 g/mol. The third-order valence-corrected chi connectivity index (χ3v) is 5.96. The molecule has 0 fully saturated rings. The van der Waals surface area contributed by atoms with E-state index in [1.807, 2.05) is 12.2 Å². The van der Waals surface area contributed by atoms with Gasteiger partial charge in [-0.15, -0.1) is 0 Å². The van der Waals surface area contributed by atoms with E-state index in [0.717, 1.165) is 4.74 Å². The normalized spacial score (nSPS) is 37.7. The largest absolute Gasteiger partial charge is 0.624 e. The smallest absolute Gasteiger partial charge is 0.231 e. The predicted molar refractivity (Wildman–Crippen MR) is 86.8 cm³/mol. The highest BCUT2D eigenvalue weighted by Gasteiger charge is 2.62. The van der Waals surface area contributed by atoms with Gasteiger partial charge in [0.2, 0.25) is 6.79 Å². The van der Waals surface area contributed by atoms with Crippen LogP contribution in [-0.2, 0) is 10.2 Å². The number of benzene rings is 1. The van der Waals surface area contributed by atoms with Crippen molar-refractivity contribution in [3.05, 3.63) is 40.6 Å². The van der Waals surface area contributed by atoms with Crippen LogP contribution in [0.5, 0.6) is 11.5 Å². The van der Waals surface area contributed by atoms with Crippen molar-refractivity contribution in [1.29, 1.82) is 0 Å². The summed E-state index contributed by atoms with van der Waals surface area (Å²) in [5.41, 5.74) is 0.924. The Bertz CT molecular complexity index is 818. The van der Waals surface area contributed by atoms with Crippen LogP contribution < -0.4 is 9.47 Å². The summed E-state index contributed by atoms with van der Waals surface area (Å²) in [6.07, 6.45) is 2.22. The van der Waals surface area contributed by atoms with E-state index in [0.29, 0.717) is 34.8 Å². The van der Waals surface area contributed by atoms with E-state index >= 15 is 0 Å². The number of hydrogen-bond donors (Lipinski definition) is 2. The third-order valence-electron chi connectivity index (χ3n) is 5.96. The van der Waals surface area contributed by atoms with Gasteiger partial charge in [-0.3, -0.25) is 0 Å². The summed E-state index contributed by atoms with van der Waals surface area (Å²) in [6.45, 7) is 0.105. The van der Waals surface area contributed by atoms with Crippen molar-refractivity contribution in [2.24, 2.45) is 5.92 Å². The molecule has 2 heterocycles. The zero-order chi connectivity index (χ0) is 17.3. The van der Waals surface area contributed by atoms with Gasteiger partial charge in [0.25, 0.3) is 0 Å². The second-order valence-corrected chi connectivity index (χ2v) is 7.04. The topological polar surface area (TPSA) is 94.2 Å². The van der Waals surface area contributed by atoms with Gasteiger partial charge in [0.05, 0.1) is 18.1 Å². The summed E-state index contributed by atoms with van der Waals surface area (Å²) in [5.74, 6) is 0.714. The fraction of sp³-hybridized carbons (Fsp3) is 0.500. The van der Waals surface area contributed by atoms with Crippen molar-refractivity contribution < 1.29 is 29.2 Å². The summed E-state index contributed by atoms with van der Waals surface area (Å²) in [7, 11) is 1.60. The molecule has 0 spiro atoms. The number of hydrogen-bond acceptors (Lipinski definition) is 6. The van der Waals surface area contributed by atoms with Crippen LogP contribution >= 0.6 is 0 Å². The molecule has 2 aliphatic heterocycles. The molecule has 2 aliphatic carbocycles. The molecule has 4 aliphatic rings. The Labute approximate surface area is 144 Å². The maximum absolute atomic E-state index is 12.6. The fourth-order valence-corrected chi connectivity index (χ4v) is 4.80. The van der Waals surface area contributed by atoms with Gasteiger partial charge in [-0.25, -0.2) is 4.74 Å². The number of hydroxylamine groups is 1. The van der Waals surface area contributed by atoms with Crippen LogP contribution in [0.25, 0.3) is 0 Å². The standard InChI is InChI=1S/C18H19NO6/c1-23-9-2-3-18-12-6-14-13(24-8-25-14)5-10(12)16(21)11(4-9)17(18)19(22)7-15(18)20/h2-3,5-6,9,11,15-16,20-21H,4,7-8H2,1H3/t9?,11-,15-,16+,18+/m0/s1. The summed E-state index contributed by atoms with van der Waals surface area (Å²) in [5, 5.41) is 34.5. The Balaban J connectivity index is 1.82. The molecule has 132 valence electrons. The van der Waals surface area contributed by atoms with E-state index in [1.54, 1.807) is 19.2 Å². The Morgan fingerprint density at radius 2 is 2.04 bits per heavy atom. The number of rotatable bonds is 1. The van der Waals surface area contributed by atoms with Crippen LogP contribution in [0.1, 0.15) is 23.7 Å². The molecule has 0 aromatic heterocycles. The van der Waals surface area contributed by atoms with Crippen LogP contribution in [0.15, 0.2) is 24.3 Å². The Morgan fingerprint density at radius 3 is 2.80 bits per heavy atom. The number of methoxy groups -OCH3 is 1. The molecular formula is C18H19NO6. The lowest BCUT2D eigenvalue weighted by atomic mass is 9.62. The number of aliphatic hydroxyl groups is 2. The molecule has 5 rings (SSSR count). The minimum absolute atomic E-state index is 0.0194. The lowest BCUT2D eigenvalue weighted by molar-refractivity contribution is -0.459. The SMILES string of the molecule is COC1C=C[C@]23C(=[N+]([O-])C[C@@H]2O)[C@@H](C1)[C@H](O)c1cc2c(cc13)OCO2. The highest BCUT2D eigenvalue weighted by atomic mass is 16.7. The zero-order valence-electron chi connectivity index (χ0n) is 13.7. The van der Waals surface area contributed by atoms with E-state index < -0.39 is 23.5 Å². The van der Waals surface area contributed by atoms with Gasteiger partial charge >= 0.3 is 0 Å². The van der Waals surface area contributed by atoms with Gasteiger partial charge < -0.3 is 29.6 Å². The molecule has 2 N–H and O–H groups in total. The van der Waals surface area contributed by atoms with Crippen molar-refractivity contribution in [1.82, 2.24) is 0 Å². The lowest BCUT2D eigenvalue weighted by Crippen LogP contribution is -2.50. The highest BCUT2D eigenvalue weighted by molar-refractivity contribution is 6.00. The summed E-state index contributed by atoms with van der Waals surface area (Å²) < 4.78 is 17.2. The number of ether oxygens (including phenoxy) is 3. The van der Waals surface area contributed by atoms with E-state index in [1.165, 1.54) is 0 Å². The third kappa shape index (κ3) is 1.78. The van der Waals surface area contributed by atoms with Crippen molar-refractivity contribution in [2.75, 3.05) is 20.4 Å². The Hall–Kier alpha value is -2.09. The van der Waals surface area contributed by atoms with E-state index in [9.17, 15) is 15.4 Å². The van der Waals surface area contributed by atoms with E-state index in [2.05, 4.69) is 0 Å². The maximum atomic E-state index is 12.6. The van der Waals surface area contributed by atoms with Crippen LogP contribution in [0.3, 0.4) is 0 Å². The van der Waals surface area contributed by atoms with Crippen molar-refractivity contribution >= 4 is 5.71 Å². The van der Waals surface area contributed by atoms with Gasteiger partial charge in [0, 0.05) is 7.11 Å². The molecule has 5 atom stereocenters. The number of fused-ring (bicyclic) bond motifs is 2. The first-order chi connectivity index (χ1) is 12.1. The number of β-amino-alcohol motifs (C(OH)–C–C–N with tert-alkyl or cyclic N) is 1. The first kappa shape index (κ1) is 15.2. The van der Waals surface area contributed by atoms with E-state index in [-0.39, 0.29) is 19.4 Å². The molecule has 2 bridgehead atoms. The monoisotopic (exact) mass is 345 g/mol. The molecule has 1 unspecified atom stereocenters. The molecular weight excluding hydrogens is 326 g/mol. The van der Waals surface area contributed by atoms with Crippen LogP contribution in [0, 0.1) is 11.1 Å². The molecule has 1 aromatic rings. The second-order valence-electron chi connectivity index (χ2n) is 7.04. The minimum Gasteiger partial charge on any atom is -0.624 e. The number of aliphatic hydroxyl groups excluding tert-OH is 2. The Kier molecular flexibility index (Phi) is 3.02. The number of nitrogens with zero attached hydrogens (tertiary/aromatic N) is 1. The molecule has 0 saturated carbocycles. The summed E-state index contributed by atoms with van der Waals surface area (Å²) in [4.78, 5) is 0. The first-order valence-electron chi connectivity index (χ1n) is 8.40. The molecule has 7 heteroatoms. The summed E-state index contributed by atoms with van der Waals surface area (Å²) >= 11 is 0. The summed E-state index contributed by atoms with van der Waals surface area (Å²) in [6, 6.07) is 3.56. The quantitative estimate of drug-likeness (QED) is 0.440. The first-order valence-corrected chi connectivity index (χ1v) is 8.40.